The van der Waals surface area contributed by atoms with E-state index in [0.29, 0.717) is 12.1 Å². The van der Waals surface area contributed by atoms with Crippen LogP contribution in [0.2, 0.25) is 0 Å². The van der Waals surface area contributed by atoms with E-state index < -0.39 is 0 Å². The normalized spacial score (nSPS) is 13.1. The molecule has 1 unspecified atom stereocenters. The Morgan fingerprint density at radius 2 is 2.21 bits per heavy atom. The van der Waals surface area contributed by atoms with Crippen LogP contribution in [0.25, 0.3) is 0 Å². The molecule has 0 aliphatic heterocycles. The maximum absolute atomic E-state index is 4.40. The molecule has 0 amide bonds. The molecule has 2 aromatic rings. The Morgan fingerprint density at radius 3 is 2.84 bits per heavy atom. The lowest BCUT2D eigenvalue weighted by Gasteiger charge is -2.18. The number of rotatable bonds is 7. The van der Waals surface area contributed by atoms with Crippen LogP contribution in [0.4, 0.5) is 0 Å². The molecule has 0 fully saturated rings. The fourth-order valence-electron chi connectivity index (χ4n) is 2.25. The van der Waals surface area contributed by atoms with E-state index in [1.54, 1.807) is 6.33 Å². The average Bonchev–Trinajstić information content (AvgIpc) is 3.00. The van der Waals surface area contributed by atoms with Gasteiger partial charge in [-0.2, -0.15) is 5.10 Å². The van der Waals surface area contributed by atoms with Gasteiger partial charge >= 0.3 is 0 Å². The SMILES string of the molecule is CCNC(Cc1cccs1)Cc1ncnn1C(C)C. The summed E-state index contributed by atoms with van der Waals surface area (Å²) in [6.07, 6.45) is 3.63. The van der Waals surface area contributed by atoms with E-state index >= 15 is 0 Å². The number of hydrogen-bond acceptors (Lipinski definition) is 4. The van der Waals surface area contributed by atoms with E-state index in [1.165, 1.54) is 4.88 Å². The fraction of sp³-hybridized carbons (Fsp3) is 0.571. The summed E-state index contributed by atoms with van der Waals surface area (Å²) in [7, 11) is 0. The third-order valence-electron chi connectivity index (χ3n) is 3.09. The molecular weight excluding hydrogens is 256 g/mol. The van der Waals surface area contributed by atoms with Crippen molar-refractivity contribution in [2.75, 3.05) is 6.54 Å². The van der Waals surface area contributed by atoms with Gasteiger partial charge in [0.2, 0.25) is 0 Å². The van der Waals surface area contributed by atoms with Gasteiger partial charge in [0.15, 0.2) is 0 Å². The van der Waals surface area contributed by atoms with E-state index in [-0.39, 0.29) is 0 Å². The zero-order valence-electron chi connectivity index (χ0n) is 11.8. The van der Waals surface area contributed by atoms with E-state index in [9.17, 15) is 0 Å². The summed E-state index contributed by atoms with van der Waals surface area (Å²) in [4.78, 5) is 5.82. The number of nitrogens with one attached hydrogen (secondary N) is 1. The highest BCUT2D eigenvalue weighted by atomic mass is 32.1. The Labute approximate surface area is 118 Å². The molecule has 0 aliphatic rings. The fourth-order valence-corrected chi connectivity index (χ4v) is 3.04. The summed E-state index contributed by atoms with van der Waals surface area (Å²) in [6, 6.07) is 5.09. The van der Waals surface area contributed by atoms with Crippen LogP contribution in [-0.2, 0) is 12.8 Å². The van der Waals surface area contributed by atoms with Gasteiger partial charge in [-0.3, -0.25) is 0 Å². The molecule has 0 saturated heterocycles. The standard InChI is InChI=1S/C14H22N4S/c1-4-15-12(8-13-6-5-7-19-13)9-14-16-10-17-18(14)11(2)3/h5-7,10-12,15H,4,8-9H2,1-3H3. The summed E-state index contributed by atoms with van der Waals surface area (Å²) in [5.74, 6) is 1.07. The molecular formula is C14H22N4S. The molecule has 0 aliphatic carbocycles. The van der Waals surface area contributed by atoms with E-state index in [1.807, 2.05) is 16.0 Å². The maximum Gasteiger partial charge on any atom is 0.138 e. The van der Waals surface area contributed by atoms with Crippen molar-refractivity contribution in [2.24, 2.45) is 0 Å². The van der Waals surface area contributed by atoms with Crippen molar-refractivity contribution >= 4 is 11.3 Å². The predicted octanol–water partition coefficient (Wildman–Crippen LogP) is 2.68. The van der Waals surface area contributed by atoms with Gasteiger partial charge in [-0.1, -0.05) is 13.0 Å². The molecule has 5 heteroatoms. The third kappa shape index (κ3) is 3.88. The van der Waals surface area contributed by atoms with Crippen molar-refractivity contribution in [1.29, 1.82) is 0 Å². The smallest absolute Gasteiger partial charge is 0.138 e. The molecule has 0 radical (unpaired) electrons. The summed E-state index contributed by atoms with van der Waals surface area (Å²) >= 11 is 1.82. The first-order valence-electron chi connectivity index (χ1n) is 6.84. The van der Waals surface area contributed by atoms with Crippen molar-refractivity contribution < 1.29 is 0 Å². The molecule has 2 rings (SSSR count). The lowest BCUT2D eigenvalue weighted by molar-refractivity contribution is 0.460. The molecule has 0 aromatic carbocycles. The van der Waals surface area contributed by atoms with Crippen LogP contribution >= 0.6 is 11.3 Å². The highest BCUT2D eigenvalue weighted by Crippen LogP contribution is 2.14. The zero-order chi connectivity index (χ0) is 13.7. The van der Waals surface area contributed by atoms with Gasteiger partial charge < -0.3 is 5.32 Å². The molecule has 4 nitrogen and oxygen atoms in total. The molecule has 0 saturated carbocycles. The molecule has 2 aromatic heterocycles. The van der Waals surface area contributed by atoms with Gasteiger partial charge in [0.25, 0.3) is 0 Å². The lowest BCUT2D eigenvalue weighted by atomic mass is 10.1. The largest absolute Gasteiger partial charge is 0.313 e. The Balaban J connectivity index is 2.05. The summed E-state index contributed by atoms with van der Waals surface area (Å²) in [5.41, 5.74) is 0. The van der Waals surface area contributed by atoms with Crippen LogP contribution in [0.5, 0.6) is 0 Å². The van der Waals surface area contributed by atoms with Gasteiger partial charge in [0, 0.05) is 23.4 Å². The highest BCUT2D eigenvalue weighted by Gasteiger charge is 2.15. The van der Waals surface area contributed by atoms with Crippen molar-refractivity contribution in [3.63, 3.8) is 0 Å². The number of aromatic nitrogens is 3. The van der Waals surface area contributed by atoms with E-state index in [2.05, 4.69) is 53.7 Å². The molecule has 1 atom stereocenters. The lowest BCUT2D eigenvalue weighted by Crippen LogP contribution is -2.34. The Kier molecular flexibility index (Phi) is 5.10. The summed E-state index contributed by atoms with van der Waals surface area (Å²) in [5, 5.41) is 9.99. The van der Waals surface area contributed by atoms with Gasteiger partial charge in [0.1, 0.15) is 12.2 Å². The average molecular weight is 278 g/mol. The Hall–Kier alpha value is -1.20. The minimum absolute atomic E-state index is 0.363. The van der Waals surface area contributed by atoms with Gasteiger partial charge in [-0.25, -0.2) is 9.67 Å². The minimum atomic E-state index is 0.363. The first-order valence-corrected chi connectivity index (χ1v) is 7.72. The highest BCUT2D eigenvalue weighted by molar-refractivity contribution is 7.09. The van der Waals surface area contributed by atoms with Crippen molar-refractivity contribution in [3.05, 3.63) is 34.5 Å². The Morgan fingerprint density at radius 1 is 1.37 bits per heavy atom. The first kappa shape index (κ1) is 14.2. The van der Waals surface area contributed by atoms with E-state index in [0.717, 1.165) is 25.2 Å². The minimum Gasteiger partial charge on any atom is -0.313 e. The molecule has 0 bridgehead atoms. The first-order chi connectivity index (χ1) is 9.20. The molecule has 1 N–H and O–H groups in total. The zero-order valence-corrected chi connectivity index (χ0v) is 12.7. The second kappa shape index (κ2) is 6.82. The number of nitrogens with zero attached hydrogens (tertiary/aromatic N) is 3. The van der Waals surface area contributed by atoms with Gasteiger partial charge in [-0.05, 0) is 38.3 Å². The second-order valence-corrected chi connectivity index (χ2v) is 5.99. The van der Waals surface area contributed by atoms with Crippen molar-refractivity contribution in [3.8, 4) is 0 Å². The van der Waals surface area contributed by atoms with Crippen LogP contribution in [0.15, 0.2) is 23.8 Å². The van der Waals surface area contributed by atoms with Gasteiger partial charge in [-0.15, -0.1) is 11.3 Å². The van der Waals surface area contributed by atoms with Crippen molar-refractivity contribution in [2.45, 2.75) is 45.7 Å². The van der Waals surface area contributed by atoms with Crippen LogP contribution in [0.1, 0.15) is 37.5 Å². The maximum atomic E-state index is 4.40. The van der Waals surface area contributed by atoms with Crippen LogP contribution in [0, 0.1) is 0 Å². The van der Waals surface area contributed by atoms with Crippen LogP contribution in [-0.4, -0.2) is 27.4 Å². The van der Waals surface area contributed by atoms with Gasteiger partial charge in [0.05, 0.1) is 0 Å². The quantitative estimate of drug-likeness (QED) is 0.847. The molecule has 2 heterocycles. The molecule has 0 spiro atoms. The summed E-state index contributed by atoms with van der Waals surface area (Å²) < 4.78 is 2.01. The number of hydrogen-bond donors (Lipinski definition) is 1. The summed E-state index contributed by atoms with van der Waals surface area (Å²) in [6.45, 7) is 7.40. The van der Waals surface area contributed by atoms with Crippen LogP contribution in [0.3, 0.4) is 0 Å². The topological polar surface area (TPSA) is 42.7 Å². The van der Waals surface area contributed by atoms with Crippen molar-refractivity contribution in [1.82, 2.24) is 20.1 Å². The second-order valence-electron chi connectivity index (χ2n) is 4.96. The number of thiophene rings is 1. The van der Waals surface area contributed by atoms with E-state index in [4.69, 9.17) is 0 Å². The predicted molar refractivity (Wildman–Crippen MR) is 79.6 cm³/mol. The monoisotopic (exact) mass is 278 g/mol. The number of likely N-dealkylation sites (N-methyl/N-ethyl adjacent to an activating group) is 1. The third-order valence-corrected chi connectivity index (χ3v) is 3.98. The Bertz CT molecular complexity index is 475. The molecule has 19 heavy (non-hydrogen) atoms. The van der Waals surface area contributed by atoms with Crippen LogP contribution < -0.4 is 5.32 Å². The molecule has 104 valence electrons.